The quantitative estimate of drug-likeness (QED) is 0.544. The molecule has 31 heavy (non-hydrogen) atoms. The number of thioether (sulfide) groups is 1. The van der Waals surface area contributed by atoms with Crippen LogP contribution < -0.4 is 4.74 Å². The van der Waals surface area contributed by atoms with Gasteiger partial charge in [-0.3, -0.25) is 4.90 Å². The summed E-state index contributed by atoms with van der Waals surface area (Å²) in [5.41, 5.74) is 2.29. The number of hydrogen-bond donors (Lipinski definition) is 1. The number of aryl methyl sites for hydroxylation is 1. The molecule has 8 heteroatoms. The molecule has 1 amide bonds. The van der Waals surface area contributed by atoms with Gasteiger partial charge in [-0.2, -0.15) is 0 Å². The number of ether oxygens (including phenoxy) is 1. The highest BCUT2D eigenvalue weighted by Gasteiger charge is 2.22. The number of amides is 1. The summed E-state index contributed by atoms with van der Waals surface area (Å²) in [6.07, 6.45) is 7.03. The predicted octanol–water partition coefficient (Wildman–Crippen LogP) is 3.50. The SMILES string of the molecule is O=C(Oc1ccc(CCSc2ccccn2)cc1)N1CCN(CCc2c[nH]cn2)CC1. The summed E-state index contributed by atoms with van der Waals surface area (Å²) in [5, 5.41) is 1.04. The average molecular weight is 438 g/mol. The number of aromatic nitrogens is 3. The van der Waals surface area contributed by atoms with Crippen molar-refractivity contribution in [1.82, 2.24) is 24.8 Å². The Labute approximate surface area is 186 Å². The van der Waals surface area contributed by atoms with E-state index >= 15 is 0 Å². The Bertz CT molecular complexity index is 926. The molecule has 7 nitrogen and oxygen atoms in total. The third-order valence-corrected chi connectivity index (χ3v) is 6.22. The van der Waals surface area contributed by atoms with Crippen molar-refractivity contribution in [2.45, 2.75) is 17.9 Å². The van der Waals surface area contributed by atoms with Crippen LogP contribution in [-0.4, -0.2) is 69.3 Å². The van der Waals surface area contributed by atoms with Gasteiger partial charge in [-0.15, -0.1) is 11.8 Å². The van der Waals surface area contributed by atoms with E-state index in [1.54, 1.807) is 23.0 Å². The molecule has 1 aliphatic heterocycles. The van der Waals surface area contributed by atoms with E-state index in [1.165, 1.54) is 5.56 Å². The lowest BCUT2D eigenvalue weighted by Gasteiger charge is -2.33. The first kappa shape index (κ1) is 21.4. The second kappa shape index (κ2) is 11.0. The fourth-order valence-electron chi connectivity index (χ4n) is 3.45. The number of carbonyl (C=O) groups is 1. The van der Waals surface area contributed by atoms with Gasteiger partial charge in [-0.1, -0.05) is 18.2 Å². The van der Waals surface area contributed by atoms with Gasteiger partial charge in [0.05, 0.1) is 17.0 Å². The number of pyridine rings is 1. The van der Waals surface area contributed by atoms with E-state index in [-0.39, 0.29) is 6.09 Å². The van der Waals surface area contributed by atoms with Gasteiger partial charge in [0.15, 0.2) is 0 Å². The molecule has 0 aliphatic carbocycles. The fourth-order valence-corrected chi connectivity index (χ4v) is 4.31. The van der Waals surface area contributed by atoms with E-state index in [0.717, 1.165) is 48.9 Å². The molecule has 1 fully saturated rings. The number of H-pyrrole nitrogens is 1. The summed E-state index contributed by atoms with van der Waals surface area (Å²) in [5.74, 6) is 1.55. The van der Waals surface area contributed by atoms with Crippen LogP contribution in [0.5, 0.6) is 5.75 Å². The van der Waals surface area contributed by atoms with Gasteiger partial charge >= 0.3 is 6.09 Å². The molecule has 0 saturated carbocycles. The molecule has 162 valence electrons. The van der Waals surface area contributed by atoms with E-state index in [2.05, 4.69) is 19.9 Å². The van der Waals surface area contributed by atoms with Crippen LogP contribution in [0.3, 0.4) is 0 Å². The lowest BCUT2D eigenvalue weighted by atomic mass is 10.2. The molecule has 0 atom stereocenters. The lowest BCUT2D eigenvalue weighted by Crippen LogP contribution is -2.49. The molecule has 1 aromatic carbocycles. The third kappa shape index (κ3) is 6.57. The highest BCUT2D eigenvalue weighted by atomic mass is 32.2. The van der Waals surface area contributed by atoms with Crippen LogP contribution in [0.1, 0.15) is 11.3 Å². The number of nitrogens with one attached hydrogen (secondary N) is 1. The standard InChI is InChI=1S/C23H27N5O2S/c29-23(28-14-12-27(13-15-28)11-8-20-17-24-18-26-20)30-21-6-4-19(5-7-21)9-16-31-22-3-1-2-10-25-22/h1-7,10,17-18H,8-9,11-16H2,(H,24,26). The smallest absolute Gasteiger partial charge is 0.410 e. The molecular weight excluding hydrogens is 410 g/mol. The highest BCUT2D eigenvalue weighted by molar-refractivity contribution is 7.99. The van der Waals surface area contributed by atoms with E-state index in [9.17, 15) is 4.79 Å². The van der Waals surface area contributed by atoms with Crippen molar-refractivity contribution in [3.8, 4) is 5.75 Å². The summed E-state index contributed by atoms with van der Waals surface area (Å²) in [7, 11) is 0. The summed E-state index contributed by atoms with van der Waals surface area (Å²) >= 11 is 1.74. The molecule has 3 aromatic rings. The van der Waals surface area contributed by atoms with Crippen LogP contribution in [0.25, 0.3) is 0 Å². The molecule has 1 N–H and O–H groups in total. The van der Waals surface area contributed by atoms with E-state index in [0.29, 0.717) is 18.8 Å². The monoisotopic (exact) mass is 437 g/mol. The number of nitrogens with zero attached hydrogens (tertiary/aromatic N) is 4. The Morgan fingerprint density at radius 3 is 2.58 bits per heavy atom. The molecular formula is C23H27N5O2S. The maximum atomic E-state index is 12.5. The van der Waals surface area contributed by atoms with Gasteiger partial charge in [0.25, 0.3) is 0 Å². The number of aromatic amines is 1. The van der Waals surface area contributed by atoms with Gasteiger partial charge in [0.1, 0.15) is 5.75 Å². The second-order valence-corrected chi connectivity index (χ2v) is 8.53. The Hall–Kier alpha value is -2.84. The number of carbonyl (C=O) groups excluding carboxylic acids is 1. The maximum absolute atomic E-state index is 12.5. The zero-order chi connectivity index (χ0) is 21.3. The fraction of sp³-hybridized carbons (Fsp3) is 0.348. The molecule has 1 aliphatic rings. The summed E-state index contributed by atoms with van der Waals surface area (Å²) < 4.78 is 5.58. The molecule has 1 saturated heterocycles. The van der Waals surface area contributed by atoms with Crippen LogP contribution >= 0.6 is 11.8 Å². The number of rotatable bonds is 8. The van der Waals surface area contributed by atoms with Crippen LogP contribution in [0, 0.1) is 0 Å². The van der Waals surface area contributed by atoms with Crippen molar-refractivity contribution in [2.75, 3.05) is 38.5 Å². The maximum Gasteiger partial charge on any atom is 0.415 e. The first-order valence-electron chi connectivity index (χ1n) is 10.6. The number of hydrogen-bond acceptors (Lipinski definition) is 6. The zero-order valence-corrected chi connectivity index (χ0v) is 18.3. The van der Waals surface area contributed by atoms with Gasteiger partial charge in [0, 0.05) is 57.3 Å². The topological polar surface area (TPSA) is 74.3 Å². The van der Waals surface area contributed by atoms with Gasteiger partial charge in [0.2, 0.25) is 0 Å². The van der Waals surface area contributed by atoms with Crippen molar-refractivity contribution in [3.63, 3.8) is 0 Å². The molecule has 0 radical (unpaired) electrons. The number of benzene rings is 1. The number of imidazole rings is 1. The van der Waals surface area contributed by atoms with Gasteiger partial charge in [-0.05, 0) is 36.2 Å². The molecule has 3 heterocycles. The minimum Gasteiger partial charge on any atom is -0.410 e. The van der Waals surface area contributed by atoms with Crippen LogP contribution in [-0.2, 0) is 12.8 Å². The third-order valence-electron chi connectivity index (χ3n) is 5.28. The van der Waals surface area contributed by atoms with E-state index in [1.807, 2.05) is 54.9 Å². The summed E-state index contributed by atoms with van der Waals surface area (Å²) in [6.45, 7) is 4.02. The highest BCUT2D eigenvalue weighted by Crippen LogP contribution is 2.18. The number of piperazine rings is 1. The van der Waals surface area contributed by atoms with Crippen LogP contribution in [0.2, 0.25) is 0 Å². The Morgan fingerprint density at radius 1 is 1.03 bits per heavy atom. The van der Waals surface area contributed by atoms with Crippen molar-refractivity contribution < 1.29 is 9.53 Å². The summed E-state index contributed by atoms with van der Waals surface area (Å²) in [4.78, 5) is 28.2. The first-order chi connectivity index (χ1) is 15.3. The van der Waals surface area contributed by atoms with Crippen molar-refractivity contribution >= 4 is 17.9 Å². The molecule has 4 rings (SSSR count). The van der Waals surface area contributed by atoms with Crippen molar-refractivity contribution in [2.24, 2.45) is 0 Å². The van der Waals surface area contributed by atoms with E-state index < -0.39 is 0 Å². The predicted molar refractivity (Wildman–Crippen MR) is 121 cm³/mol. The van der Waals surface area contributed by atoms with Crippen LogP contribution in [0.4, 0.5) is 4.79 Å². The van der Waals surface area contributed by atoms with Gasteiger partial charge < -0.3 is 14.6 Å². The Kier molecular flexibility index (Phi) is 7.57. The zero-order valence-electron chi connectivity index (χ0n) is 17.4. The van der Waals surface area contributed by atoms with Crippen LogP contribution in [0.15, 0.2) is 66.2 Å². The first-order valence-corrected chi connectivity index (χ1v) is 11.5. The minimum absolute atomic E-state index is 0.273. The average Bonchev–Trinajstić information content (AvgIpc) is 3.34. The molecule has 0 bridgehead atoms. The Morgan fingerprint density at radius 2 is 1.87 bits per heavy atom. The summed E-state index contributed by atoms with van der Waals surface area (Å²) in [6, 6.07) is 13.7. The molecule has 0 spiro atoms. The lowest BCUT2D eigenvalue weighted by molar-refractivity contribution is 0.111. The van der Waals surface area contributed by atoms with Gasteiger partial charge in [-0.25, -0.2) is 14.8 Å². The van der Waals surface area contributed by atoms with Crippen molar-refractivity contribution in [1.29, 1.82) is 0 Å². The van der Waals surface area contributed by atoms with Crippen molar-refractivity contribution in [3.05, 3.63) is 72.4 Å². The molecule has 2 aromatic heterocycles. The second-order valence-electron chi connectivity index (χ2n) is 7.42. The largest absolute Gasteiger partial charge is 0.415 e. The van der Waals surface area contributed by atoms with E-state index in [4.69, 9.17) is 4.74 Å². The normalized spacial score (nSPS) is 14.5. The molecule has 0 unspecified atom stereocenters. The Balaban J connectivity index is 1.16. The minimum atomic E-state index is -0.273.